The van der Waals surface area contributed by atoms with Crippen LogP contribution in [0.1, 0.15) is 18.5 Å². The summed E-state index contributed by atoms with van der Waals surface area (Å²) in [6.45, 7) is 5.06. The van der Waals surface area contributed by atoms with Crippen LogP contribution in [0.25, 0.3) is 0 Å². The minimum absolute atomic E-state index is 0.796. The molecule has 108 valence electrons. The highest BCUT2D eigenvalue weighted by molar-refractivity contribution is 5.03. The van der Waals surface area contributed by atoms with Crippen LogP contribution in [-0.4, -0.2) is 56.8 Å². The normalized spacial score (nSPS) is 11.1. The molecule has 4 heteroatoms. The number of unbranched alkanes of at least 4 members (excludes halogenated alkanes) is 1. The summed E-state index contributed by atoms with van der Waals surface area (Å²) >= 11 is 0. The lowest BCUT2D eigenvalue weighted by atomic mass is 10.2. The molecule has 4 nitrogen and oxygen atoms in total. The van der Waals surface area contributed by atoms with Crippen molar-refractivity contribution in [2.24, 2.45) is 0 Å². The molecule has 1 N–H and O–H groups in total. The Kier molecular flexibility index (Phi) is 9.23. The van der Waals surface area contributed by atoms with Crippen molar-refractivity contribution in [1.82, 2.24) is 15.2 Å². The quantitative estimate of drug-likeness (QED) is 0.616. The van der Waals surface area contributed by atoms with Gasteiger partial charge >= 0.3 is 0 Å². The highest BCUT2D eigenvalue weighted by Gasteiger charge is 1.99. The minimum Gasteiger partial charge on any atom is -0.383 e. The topological polar surface area (TPSA) is 37.4 Å². The zero-order chi connectivity index (χ0) is 13.8. The molecule has 0 radical (unpaired) electrons. The monoisotopic (exact) mass is 265 g/mol. The summed E-state index contributed by atoms with van der Waals surface area (Å²) < 4.78 is 4.98. The molecule has 0 saturated heterocycles. The fraction of sp³-hybridized carbons (Fsp3) is 0.667. The molecule has 1 aromatic rings. The first-order valence-corrected chi connectivity index (χ1v) is 7.11. The maximum atomic E-state index is 4.98. The second-order valence-corrected chi connectivity index (χ2v) is 4.82. The number of aromatic nitrogens is 1. The van der Waals surface area contributed by atoms with Gasteiger partial charge in [-0.15, -0.1) is 0 Å². The predicted octanol–water partition coefficient (Wildman–Crippen LogP) is 1.57. The molecule has 0 aliphatic carbocycles. The Morgan fingerprint density at radius 3 is 2.84 bits per heavy atom. The lowest BCUT2D eigenvalue weighted by molar-refractivity contribution is 0.199. The third-order valence-corrected chi connectivity index (χ3v) is 3.10. The van der Waals surface area contributed by atoms with Crippen molar-refractivity contribution in [3.05, 3.63) is 30.1 Å². The Bertz CT molecular complexity index is 306. The highest BCUT2D eigenvalue weighted by Crippen LogP contribution is 1.98. The molecule has 0 fully saturated rings. The summed E-state index contributed by atoms with van der Waals surface area (Å²) in [6.07, 6.45) is 5.35. The summed E-state index contributed by atoms with van der Waals surface area (Å²) in [7, 11) is 3.92. The Labute approximate surface area is 117 Å². The lowest BCUT2D eigenvalue weighted by Gasteiger charge is -2.16. The van der Waals surface area contributed by atoms with Crippen LogP contribution in [0.4, 0.5) is 0 Å². The van der Waals surface area contributed by atoms with Gasteiger partial charge in [-0.2, -0.15) is 0 Å². The number of likely N-dealkylation sites (N-methyl/N-ethyl adjacent to an activating group) is 1. The van der Waals surface area contributed by atoms with Crippen LogP contribution in [0.5, 0.6) is 0 Å². The third kappa shape index (κ3) is 8.70. The number of ether oxygens (including phenoxy) is 1. The van der Waals surface area contributed by atoms with Gasteiger partial charge in [-0.1, -0.05) is 6.07 Å². The van der Waals surface area contributed by atoms with E-state index in [-0.39, 0.29) is 0 Å². The third-order valence-electron chi connectivity index (χ3n) is 3.10. The van der Waals surface area contributed by atoms with Crippen LogP contribution in [0, 0.1) is 0 Å². The molecule has 0 aliphatic rings. The standard InChI is InChI=1S/C15H27N3O/c1-18(12-6-5-9-16-11-14-19-2)13-8-15-7-3-4-10-17-15/h3-4,7,10,16H,5-6,8-9,11-14H2,1-2H3. The van der Waals surface area contributed by atoms with E-state index < -0.39 is 0 Å². The van der Waals surface area contributed by atoms with E-state index in [9.17, 15) is 0 Å². The number of methoxy groups -OCH3 is 1. The van der Waals surface area contributed by atoms with E-state index in [1.807, 2.05) is 18.3 Å². The molecule has 0 aliphatic heterocycles. The zero-order valence-electron chi connectivity index (χ0n) is 12.3. The minimum atomic E-state index is 0.796. The van der Waals surface area contributed by atoms with E-state index in [1.165, 1.54) is 18.5 Å². The van der Waals surface area contributed by atoms with Gasteiger partial charge in [0.1, 0.15) is 0 Å². The molecule has 1 aromatic heterocycles. The first kappa shape index (κ1) is 16.1. The molecular formula is C15H27N3O. The number of nitrogens with one attached hydrogen (secondary N) is 1. The van der Waals surface area contributed by atoms with E-state index in [1.54, 1.807) is 7.11 Å². The van der Waals surface area contributed by atoms with Gasteiger partial charge in [0.15, 0.2) is 0 Å². The first-order valence-electron chi connectivity index (χ1n) is 7.11. The van der Waals surface area contributed by atoms with Crippen molar-refractivity contribution in [3.8, 4) is 0 Å². The molecule has 0 unspecified atom stereocenters. The van der Waals surface area contributed by atoms with Crippen molar-refractivity contribution >= 4 is 0 Å². The van der Waals surface area contributed by atoms with Crippen molar-refractivity contribution in [3.63, 3.8) is 0 Å². The van der Waals surface area contributed by atoms with Crippen LogP contribution < -0.4 is 5.32 Å². The highest BCUT2D eigenvalue weighted by atomic mass is 16.5. The van der Waals surface area contributed by atoms with Gasteiger partial charge < -0.3 is 15.0 Å². The van der Waals surface area contributed by atoms with Gasteiger partial charge in [-0.25, -0.2) is 0 Å². The van der Waals surface area contributed by atoms with E-state index in [0.29, 0.717) is 0 Å². The Morgan fingerprint density at radius 2 is 2.11 bits per heavy atom. The molecule has 0 saturated carbocycles. The summed E-state index contributed by atoms with van der Waals surface area (Å²) in [6, 6.07) is 6.10. The maximum Gasteiger partial charge on any atom is 0.0587 e. The van der Waals surface area contributed by atoms with Gasteiger partial charge in [0.25, 0.3) is 0 Å². The lowest BCUT2D eigenvalue weighted by Crippen LogP contribution is -2.24. The van der Waals surface area contributed by atoms with Crippen molar-refractivity contribution in [2.75, 3.05) is 46.9 Å². The SMILES string of the molecule is COCCNCCCCN(C)CCc1ccccn1. The average molecular weight is 265 g/mol. The predicted molar refractivity (Wildman–Crippen MR) is 79.4 cm³/mol. The van der Waals surface area contributed by atoms with Gasteiger partial charge in [0.2, 0.25) is 0 Å². The fourth-order valence-electron chi connectivity index (χ4n) is 1.89. The zero-order valence-corrected chi connectivity index (χ0v) is 12.3. The van der Waals surface area contributed by atoms with Crippen molar-refractivity contribution in [1.29, 1.82) is 0 Å². The molecule has 0 spiro atoms. The van der Waals surface area contributed by atoms with Crippen LogP contribution in [0.15, 0.2) is 24.4 Å². The Morgan fingerprint density at radius 1 is 1.21 bits per heavy atom. The van der Waals surface area contributed by atoms with E-state index in [2.05, 4.69) is 28.3 Å². The van der Waals surface area contributed by atoms with Crippen LogP contribution >= 0.6 is 0 Å². The number of nitrogens with zero attached hydrogens (tertiary/aromatic N) is 2. The molecule has 0 atom stereocenters. The van der Waals surface area contributed by atoms with Crippen molar-refractivity contribution in [2.45, 2.75) is 19.3 Å². The second-order valence-electron chi connectivity index (χ2n) is 4.82. The van der Waals surface area contributed by atoms with Gasteiger partial charge in [0, 0.05) is 38.5 Å². The molecule has 0 bridgehead atoms. The van der Waals surface area contributed by atoms with Crippen LogP contribution in [-0.2, 0) is 11.2 Å². The Balaban J connectivity index is 1.95. The van der Waals surface area contributed by atoms with E-state index >= 15 is 0 Å². The fourth-order valence-corrected chi connectivity index (χ4v) is 1.89. The molecule has 0 amide bonds. The summed E-state index contributed by atoms with van der Waals surface area (Å²) in [5, 5.41) is 3.36. The molecule has 1 rings (SSSR count). The number of hydrogen-bond donors (Lipinski definition) is 1. The van der Waals surface area contributed by atoms with Gasteiger partial charge in [0.05, 0.1) is 6.61 Å². The second kappa shape index (κ2) is 10.9. The molecular weight excluding hydrogens is 238 g/mol. The number of hydrogen-bond acceptors (Lipinski definition) is 4. The summed E-state index contributed by atoms with van der Waals surface area (Å²) in [5.41, 5.74) is 1.18. The molecule has 1 heterocycles. The van der Waals surface area contributed by atoms with E-state index in [0.717, 1.165) is 39.2 Å². The van der Waals surface area contributed by atoms with Gasteiger partial charge in [-0.3, -0.25) is 4.98 Å². The smallest absolute Gasteiger partial charge is 0.0587 e. The maximum absolute atomic E-state index is 4.98. The molecule has 19 heavy (non-hydrogen) atoms. The van der Waals surface area contributed by atoms with Crippen LogP contribution in [0.2, 0.25) is 0 Å². The first-order chi connectivity index (χ1) is 9.33. The summed E-state index contributed by atoms with van der Waals surface area (Å²) in [4.78, 5) is 6.72. The average Bonchev–Trinajstić information content (AvgIpc) is 2.45. The molecule has 0 aromatic carbocycles. The van der Waals surface area contributed by atoms with Crippen molar-refractivity contribution < 1.29 is 4.74 Å². The largest absolute Gasteiger partial charge is 0.383 e. The van der Waals surface area contributed by atoms with Gasteiger partial charge in [-0.05, 0) is 45.1 Å². The number of rotatable bonds is 11. The Hall–Kier alpha value is -0.970. The van der Waals surface area contributed by atoms with Crippen LogP contribution in [0.3, 0.4) is 0 Å². The summed E-state index contributed by atoms with van der Waals surface area (Å²) in [5.74, 6) is 0. The number of pyridine rings is 1. The van der Waals surface area contributed by atoms with E-state index in [4.69, 9.17) is 4.74 Å².